The first-order valence-electron chi connectivity index (χ1n) is 6.86. The number of carbonyl (C=O) groups excluding carboxylic acids is 1. The first kappa shape index (κ1) is 17.3. The normalized spacial score (nSPS) is 13.1. The Balaban J connectivity index is 2.86. The molecule has 112 valence electrons. The highest BCUT2D eigenvalue weighted by Gasteiger charge is 2.34. The number of halogens is 2. The number of rotatable bonds is 6. The monoisotopic (exact) mass is 316 g/mol. The van der Waals surface area contributed by atoms with Crippen molar-refractivity contribution in [3.63, 3.8) is 0 Å². The lowest BCUT2D eigenvalue weighted by Gasteiger charge is -2.30. The smallest absolute Gasteiger partial charge is 0.227 e. The summed E-state index contributed by atoms with van der Waals surface area (Å²) in [5.74, 6) is -0.0106. The van der Waals surface area contributed by atoms with Gasteiger partial charge in [-0.1, -0.05) is 43.1 Å². The van der Waals surface area contributed by atoms with Gasteiger partial charge in [0.1, 0.15) is 0 Å². The van der Waals surface area contributed by atoms with Gasteiger partial charge in [0.25, 0.3) is 0 Å². The second-order valence-electron chi connectivity index (χ2n) is 5.06. The Morgan fingerprint density at radius 2 is 1.90 bits per heavy atom. The zero-order valence-corrected chi connectivity index (χ0v) is 13.7. The highest BCUT2D eigenvalue weighted by molar-refractivity contribution is 6.42. The fraction of sp³-hybridized carbons (Fsp3) is 0.533. The van der Waals surface area contributed by atoms with E-state index in [1.807, 2.05) is 26.8 Å². The molecule has 0 fully saturated rings. The van der Waals surface area contributed by atoms with Crippen molar-refractivity contribution in [1.82, 2.24) is 5.32 Å². The maximum Gasteiger partial charge on any atom is 0.227 e. The van der Waals surface area contributed by atoms with Crippen LogP contribution in [-0.4, -0.2) is 12.5 Å². The van der Waals surface area contributed by atoms with Gasteiger partial charge in [-0.25, -0.2) is 0 Å². The fourth-order valence-corrected chi connectivity index (χ4v) is 2.47. The van der Waals surface area contributed by atoms with E-state index < -0.39 is 5.41 Å². The Bertz CT molecular complexity index is 465. The minimum atomic E-state index is -0.496. The highest BCUT2D eigenvalue weighted by atomic mass is 35.5. The van der Waals surface area contributed by atoms with Gasteiger partial charge in [-0.3, -0.25) is 4.79 Å². The zero-order chi connectivity index (χ0) is 15.3. The van der Waals surface area contributed by atoms with Gasteiger partial charge < -0.3 is 11.1 Å². The van der Waals surface area contributed by atoms with Crippen LogP contribution in [0.2, 0.25) is 10.0 Å². The van der Waals surface area contributed by atoms with Crippen LogP contribution in [-0.2, 0) is 4.79 Å². The SMILES string of the molecule is CCC(CC)(CN)C(=O)NC(C)c1ccc(Cl)c(Cl)c1. The molecule has 0 aliphatic carbocycles. The molecule has 5 heteroatoms. The van der Waals surface area contributed by atoms with Crippen LogP contribution in [0, 0.1) is 5.41 Å². The number of carbonyl (C=O) groups is 1. The lowest BCUT2D eigenvalue weighted by atomic mass is 9.81. The predicted octanol–water partition coefficient (Wildman–Crippen LogP) is 3.94. The molecule has 0 bridgehead atoms. The van der Waals surface area contributed by atoms with E-state index >= 15 is 0 Å². The molecule has 0 saturated carbocycles. The molecular formula is C15H22Cl2N2O. The molecule has 1 aromatic rings. The van der Waals surface area contributed by atoms with Crippen molar-refractivity contribution in [1.29, 1.82) is 0 Å². The van der Waals surface area contributed by atoms with Gasteiger partial charge in [0.2, 0.25) is 5.91 Å². The third-order valence-corrected chi connectivity index (χ3v) is 4.76. The van der Waals surface area contributed by atoms with Gasteiger partial charge in [-0.05, 0) is 37.5 Å². The summed E-state index contributed by atoms with van der Waals surface area (Å²) in [5, 5.41) is 4.01. The summed E-state index contributed by atoms with van der Waals surface area (Å²) in [6.45, 7) is 6.24. The Labute approximate surface area is 130 Å². The summed E-state index contributed by atoms with van der Waals surface area (Å²) in [6.07, 6.45) is 1.44. The van der Waals surface area contributed by atoms with Crippen molar-refractivity contribution in [3.05, 3.63) is 33.8 Å². The van der Waals surface area contributed by atoms with Crippen molar-refractivity contribution >= 4 is 29.1 Å². The maximum atomic E-state index is 12.4. The van der Waals surface area contributed by atoms with Crippen LogP contribution < -0.4 is 11.1 Å². The van der Waals surface area contributed by atoms with E-state index in [9.17, 15) is 4.79 Å². The standard InChI is InChI=1S/C15H22Cl2N2O/c1-4-15(5-2,9-18)14(20)19-10(3)11-6-7-12(16)13(17)8-11/h6-8,10H,4-5,9,18H2,1-3H3,(H,19,20). The number of benzene rings is 1. The molecule has 3 nitrogen and oxygen atoms in total. The first-order valence-corrected chi connectivity index (χ1v) is 7.61. The fourth-order valence-electron chi connectivity index (χ4n) is 2.17. The van der Waals surface area contributed by atoms with Crippen LogP contribution in [0.5, 0.6) is 0 Å². The molecule has 1 aromatic carbocycles. The third kappa shape index (κ3) is 3.66. The van der Waals surface area contributed by atoms with E-state index in [4.69, 9.17) is 28.9 Å². The molecule has 20 heavy (non-hydrogen) atoms. The van der Waals surface area contributed by atoms with Crippen molar-refractivity contribution in [2.45, 2.75) is 39.7 Å². The highest BCUT2D eigenvalue weighted by Crippen LogP contribution is 2.28. The van der Waals surface area contributed by atoms with Gasteiger partial charge in [-0.15, -0.1) is 0 Å². The van der Waals surface area contributed by atoms with E-state index in [1.54, 1.807) is 12.1 Å². The quantitative estimate of drug-likeness (QED) is 0.835. The molecular weight excluding hydrogens is 295 g/mol. The number of amides is 1. The molecule has 1 unspecified atom stereocenters. The average molecular weight is 317 g/mol. The van der Waals surface area contributed by atoms with Gasteiger partial charge in [0, 0.05) is 6.54 Å². The van der Waals surface area contributed by atoms with E-state index in [1.165, 1.54) is 0 Å². The first-order chi connectivity index (χ1) is 9.40. The Hall–Kier alpha value is -0.770. The topological polar surface area (TPSA) is 55.1 Å². The van der Waals surface area contributed by atoms with E-state index in [0.717, 1.165) is 18.4 Å². The van der Waals surface area contributed by atoms with Gasteiger partial charge in [-0.2, -0.15) is 0 Å². The van der Waals surface area contributed by atoms with Crippen molar-refractivity contribution < 1.29 is 4.79 Å². The summed E-state index contributed by atoms with van der Waals surface area (Å²) in [7, 11) is 0. The molecule has 0 aromatic heterocycles. The predicted molar refractivity (Wildman–Crippen MR) is 85.1 cm³/mol. The summed E-state index contributed by atoms with van der Waals surface area (Å²) in [5.41, 5.74) is 6.22. The van der Waals surface area contributed by atoms with Crippen LogP contribution in [0.1, 0.15) is 45.2 Å². The zero-order valence-electron chi connectivity index (χ0n) is 12.2. The van der Waals surface area contributed by atoms with Gasteiger partial charge in [0.15, 0.2) is 0 Å². The van der Waals surface area contributed by atoms with E-state index in [2.05, 4.69) is 5.32 Å². The largest absolute Gasteiger partial charge is 0.349 e. The van der Waals surface area contributed by atoms with Crippen LogP contribution in [0.3, 0.4) is 0 Å². The molecule has 0 aliphatic rings. The lowest BCUT2D eigenvalue weighted by Crippen LogP contribution is -2.46. The number of hydrogen-bond donors (Lipinski definition) is 2. The summed E-state index contributed by atoms with van der Waals surface area (Å²) in [6, 6.07) is 5.23. The molecule has 0 aliphatic heterocycles. The molecule has 1 amide bonds. The second kappa shape index (κ2) is 7.30. The molecule has 1 atom stereocenters. The Kier molecular flexibility index (Phi) is 6.31. The van der Waals surface area contributed by atoms with Crippen molar-refractivity contribution in [2.75, 3.05) is 6.54 Å². The minimum absolute atomic E-state index is 0.0106. The van der Waals surface area contributed by atoms with E-state index in [-0.39, 0.29) is 11.9 Å². The van der Waals surface area contributed by atoms with E-state index in [0.29, 0.717) is 16.6 Å². The average Bonchev–Trinajstić information content (AvgIpc) is 2.44. The number of nitrogens with two attached hydrogens (primary N) is 1. The number of hydrogen-bond acceptors (Lipinski definition) is 2. The maximum absolute atomic E-state index is 12.4. The summed E-state index contributed by atoms with van der Waals surface area (Å²) >= 11 is 11.9. The number of nitrogens with one attached hydrogen (secondary N) is 1. The van der Waals surface area contributed by atoms with Crippen molar-refractivity contribution in [3.8, 4) is 0 Å². The minimum Gasteiger partial charge on any atom is -0.349 e. The molecule has 1 rings (SSSR count). The summed E-state index contributed by atoms with van der Waals surface area (Å²) in [4.78, 5) is 12.4. The van der Waals surface area contributed by atoms with Crippen molar-refractivity contribution in [2.24, 2.45) is 11.1 Å². The van der Waals surface area contributed by atoms with Crippen LogP contribution in [0.4, 0.5) is 0 Å². The van der Waals surface area contributed by atoms with Crippen LogP contribution in [0.25, 0.3) is 0 Å². The third-order valence-electron chi connectivity index (χ3n) is 4.02. The molecule has 0 saturated heterocycles. The Morgan fingerprint density at radius 1 is 1.30 bits per heavy atom. The second-order valence-corrected chi connectivity index (χ2v) is 5.87. The molecule has 0 spiro atoms. The Morgan fingerprint density at radius 3 is 2.35 bits per heavy atom. The van der Waals surface area contributed by atoms with Gasteiger partial charge >= 0.3 is 0 Å². The van der Waals surface area contributed by atoms with Crippen LogP contribution >= 0.6 is 23.2 Å². The molecule has 0 radical (unpaired) electrons. The van der Waals surface area contributed by atoms with Gasteiger partial charge in [0.05, 0.1) is 21.5 Å². The molecule has 3 N–H and O–H groups in total. The van der Waals surface area contributed by atoms with Crippen LogP contribution in [0.15, 0.2) is 18.2 Å². The molecule has 0 heterocycles. The summed E-state index contributed by atoms with van der Waals surface area (Å²) < 4.78 is 0. The lowest BCUT2D eigenvalue weighted by molar-refractivity contribution is -0.131.